The Hall–Kier alpha value is -3.27. The largest absolute Gasteiger partial charge is 0.389 e. The van der Waals surface area contributed by atoms with Gasteiger partial charge in [-0.25, -0.2) is 0 Å². The highest BCUT2D eigenvalue weighted by Crippen LogP contribution is 2.22. The third-order valence-electron chi connectivity index (χ3n) is 6.55. The third-order valence-corrected chi connectivity index (χ3v) is 6.55. The van der Waals surface area contributed by atoms with E-state index < -0.39 is 48.1 Å². The van der Waals surface area contributed by atoms with E-state index in [1.165, 1.54) is 0 Å². The molecule has 37 heavy (non-hydrogen) atoms. The lowest BCUT2D eigenvalue weighted by Gasteiger charge is -2.27. The summed E-state index contributed by atoms with van der Waals surface area (Å²) in [5.74, 6) is -3.81. The van der Waals surface area contributed by atoms with Gasteiger partial charge in [-0.3, -0.25) is 24.0 Å². The second kappa shape index (κ2) is 14.5. The van der Waals surface area contributed by atoms with Crippen molar-refractivity contribution in [2.24, 2.45) is 11.8 Å². The number of aliphatic hydroxyl groups excluding tert-OH is 1. The Morgan fingerprint density at radius 2 is 1.68 bits per heavy atom. The molecule has 5 N–H and O–H groups in total. The van der Waals surface area contributed by atoms with Crippen LogP contribution in [0.2, 0.25) is 0 Å². The monoisotopic (exact) mass is 516 g/mol. The lowest BCUT2D eigenvalue weighted by molar-refractivity contribution is -0.138. The summed E-state index contributed by atoms with van der Waals surface area (Å²) < 4.78 is 0. The van der Waals surface area contributed by atoms with Gasteiger partial charge in [-0.15, -0.1) is 0 Å². The van der Waals surface area contributed by atoms with Gasteiger partial charge < -0.3 is 26.4 Å². The predicted molar refractivity (Wildman–Crippen MR) is 140 cm³/mol. The van der Waals surface area contributed by atoms with Crippen LogP contribution < -0.4 is 21.3 Å². The van der Waals surface area contributed by atoms with Crippen molar-refractivity contribution in [2.75, 3.05) is 18.5 Å². The minimum Gasteiger partial charge on any atom is -0.389 e. The van der Waals surface area contributed by atoms with Gasteiger partial charge in [0.05, 0.1) is 6.04 Å². The Kier molecular flexibility index (Phi) is 11.7. The van der Waals surface area contributed by atoms with Crippen LogP contribution in [0.25, 0.3) is 0 Å². The molecule has 1 aliphatic heterocycles. The van der Waals surface area contributed by atoms with Crippen molar-refractivity contribution in [2.45, 2.75) is 78.3 Å². The smallest absolute Gasteiger partial charge is 0.313 e. The SMILES string of the molecule is CCc1cccc(CC)c1NC(=O)C(=O)N[C@@H](CC(C)C)C(=O)N[C@@H](C[C@@H]1CCCNC1=O)C(=O)CO. The molecule has 1 aromatic carbocycles. The van der Waals surface area contributed by atoms with E-state index in [9.17, 15) is 29.1 Å². The number of benzene rings is 1. The minimum absolute atomic E-state index is 0.0114. The van der Waals surface area contributed by atoms with Crippen LogP contribution in [0.15, 0.2) is 18.2 Å². The first kappa shape index (κ1) is 30.0. The number of nitrogens with one attached hydrogen (secondary N) is 4. The number of Topliss-reactive ketones (excluding diaryl/α,β-unsaturated/α-hetero) is 1. The van der Waals surface area contributed by atoms with Crippen molar-refractivity contribution in [1.82, 2.24) is 16.0 Å². The van der Waals surface area contributed by atoms with E-state index in [0.717, 1.165) is 17.5 Å². The number of aryl methyl sites for hydroxylation is 2. The Labute approximate surface area is 218 Å². The molecular formula is C27H40N4O6. The zero-order valence-corrected chi connectivity index (χ0v) is 22.2. The molecule has 0 aliphatic carbocycles. The van der Waals surface area contributed by atoms with Crippen molar-refractivity contribution in [1.29, 1.82) is 0 Å². The average molecular weight is 517 g/mol. The van der Waals surface area contributed by atoms with E-state index >= 15 is 0 Å². The van der Waals surface area contributed by atoms with E-state index in [0.29, 0.717) is 31.5 Å². The van der Waals surface area contributed by atoms with Crippen molar-refractivity contribution < 1.29 is 29.1 Å². The lowest BCUT2D eigenvalue weighted by atomic mass is 9.90. The van der Waals surface area contributed by atoms with Gasteiger partial charge in [-0.1, -0.05) is 45.9 Å². The Balaban J connectivity index is 2.14. The number of amides is 4. The summed E-state index contributed by atoms with van der Waals surface area (Å²) in [5, 5.41) is 20.0. The molecule has 1 saturated heterocycles. The molecule has 0 bridgehead atoms. The van der Waals surface area contributed by atoms with Crippen molar-refractivity contribution in [3.63, 3.8) is 0 Å². The van der Waals surface area contributed by atoms with Gasteiger partial charge in [0.2, 0.25) is 11.8 Å². The summed E-state index contributed by atoms with van der Waals surface area (Å²) in [5.41, 5.74) is 2.39. The number of para-hydroxylation sites is 1. The Morgan fingerprint density at radius 1 is 1.03 bits per heavy atom. The molecular weight excluding hydrogens is 476 g/mol. The van der Waals surface area contributed by atoms with Crippen molar-refractivity contribution in [3.8, 4) is 0 Å². The summed E-state index contributed by atoms with van der Waals surface area (Å²) in [6.45, 7) is 7.40. The van der Waals surface area contributed by atoms with Gasteiger partial charge in [-0.2, -0.15) is 0 Å². The highest BCUT2D eigenvalue weighted by molar-refractivity contribution is 6.40. The van der Waals surface area contributed by atoms with Gasteiger partial charge in [0.15, 0.2) is 5.78 Å². The van der Waals surface area contributed by atoms with Gasteiger partial charge in [-0.05, 0) is 55.6 Å². The van der Waals surface area contributed by atoms with Crippen LogP contribution in [0, 0.1) is 11.8 Å². The van der Waals surface area contributed by atoms with Gasteiger partial charge in [0, 0.05) is 18.2 Å². The highest BCUT2D eigenvalue weighted by atomic mass is 16.3. The van der Waals surface area contributed by atoms with Gasteiger partial charge >= 0.3 is 11.8 Å². The molecule has 0 aromatic heterocycles. The molecule has 1 fully saturated rings. The number of carbonyl (C=O) groups excluding carboxylic acids is 5. The number of aliphatic hydroxyl groups is 1. The van der Waals surface area contributed by atoms with E-state index in [-0.39, 0.29) is 24.7 Å². The second-order valence-electron chi connectivity index (χ2n) is 9.82. The molecule has 4 amide bonds. The van der Waals surface area contributed by atoms with E-state index in [2.05, 4.69) is 21.3 Å². The minimum atomic E-state index is -1.09. The van der Waals surface area contributed by atoms with Crippen LogP contribution in [-0.2, 0) is 36.8 Å². The van der Waals surface area contributed by atoms with Crippen LogP contribution in [-0.4, -0.2) is 59.8 Å². The zero-order valence-electron chi connectivity index (χ0n) is 22.2. The number of rotatable bonds is 12. The number of carbonyl (C=O) groups is 5. The first-order valence-corrected chi connectivity index (χ1v) is 13.0. The van der Waals surface area contributed by atoms with Crippen LogP contribution in [0.1, 0.15) is 64.5 Å². The maximum Gasteiger partial charge on any atom is 0.313 e. The molecule has 10 nitrogen and oxygen atoms in total. The first-order valence-electron chi connectivity index (χ1n) is 13.0. The summed E-state index contributed by atoms with van der Waals surface area (Å²) in [6.07, 6.45) is 2.94. The number of anilines is 1. The normalized spacial score (nSPS) is 16.9. The first-order chi connectivity index (χ1) is 17.6. The molecule has 1 aromatic rings. The topological polar surface area (TPSA) is 154 Å². The fourth-order valence-electron chi connectivity index (χ4n) is 4.50. The molecule has 204 valence electrons. The molecule has 0 saturated carbocycles. The summed E-state index contributed by atoms with van der Waals surface area (Å²) in [4.78, 5) is 63.3. The highest BCUT2D eigenvalue weighted by Gasteiger charge is 2.32. The molecule has 2 rings (SSSR count). The van der Waals surface area contributed by atoms with Gasteiger partial charge in [0.1, 0.15) is 12.6 Å². The predicted octanol–water partition coefficient (Wildman–Crippen LogP) is 1.24. The van der Waals surface area contributed by atoms with Crippen molar-refractivity contribution in [3.05, 3.63) is 29.3 Å². The zero-order chi connectivity index (χ0) is 27.5. The number of piperidine rings is 1. The molecule has 1 aliphatic rings. The van der Waals surface area contributed by atoms with Crippen molar-refractivity contribution >= 4 is 35.1 Å². The van der Waals surface area contributed by atoms with Crippen LogP contribution in [0.4, 0.5) is 5.69 Å². The summed E-state index contributed by atoms with van der Waals surface area (Å²) >= 11 is 0. The maximum absolute atomic E-state index is 13.2. The fourth-order valence-corrected chi connectivity index (χ4v) is 4.50. The summed E-state index contributed by atoms with van der Waals surface area (Å²) in [6, 6.07) is 3.49. The van der Waals surface area contributed by atoms with E-state index in [1.54, 1.807) is 0 Å². The van der Waals surface area contributed by atoms with E-state index in [4.69, 9.17) is 0 Å². The molecule has 0 radical (unpaired) electrons. The van der Waals surface area contributed by atoms with Crippen LogP contribution >= 0.6 is 0 Å². The molecule has 0 spiro atoms. The molecule has 0 unspecified atom stereocenters. The lowest BCUT2D eigenvalue weighted by Crippen LogP contribution is -2.55. The van der Waals surface area contributed by atoms with E-state index in [1.807, 2.05) is 45.9 Å². The molecule has 3 atom stereocenters. The quantitative estimate of drug-likeness (QED) is 0.264. The molecule has 10 heteroatoms. The maximum atomic E-state index is 13.2. The average Bonchev–Trinajstić information content (AvgIpc) is 2.88. The Bertz CT molecular complexity index is 971. The third kappa shape index (κ3) is 8.66. The van der Waals surface area contributed by atoms with Gasteiger partial charge in [0.25, 0.3) is 0 Å². The number of hydrogen-bond donors (Lipinski definition) is 5. The summed E-state index contributed by atoms with van der Waals surface area (Å²) in [7, 11) is 0. The second-order valence-corrected chi connectivity index (χ2v) is 9.82. The van der Waals surface area contributed by atoms with Crippen LogP contribution in [0.3, 0.4) is 0 Å². The number of hydrogen-bond acceptors (Lipinski definition) is 6. The number of ketones is 1. The standard InChI is InChI=1S/C27H40N4O6/c1-5-17-9-7-10-18(6-2)23(17)31-27(37)26(36)30-21(13-16(3)4)25(35)29-20(22(33)15-32)14-19-11-8-12-28-24(19)34/h7,9-10,16,19-21,32H,5-6,8,11-15H2,1-4H3,(H,28,34)(H,29,35)(H,30,36)(H,31,37)/t19-,20-,21-/m0/s1. The fraction of sp³-hybridized carbons (Fsp3) is 0.593. The molecule has 1 heterocycles. The Morgan fingerprint density at radius 3 is 2.22 bits per heavy atom. The van der Waals surface area contributed by atoms with Crippen LogP contribution in [0.5, 0.6) is 0 Å².